The first-order chi connectivity index (χ1) is 13.8. The minimum Gasteiger partial charge on any atom is -0.377 e. The number of nitro benzene ring substituents is 1. The van der Waals surface area contributed by atoms with E-state index in [1.807, 2.05) is 31.1 Å². The van der Waals surface area contributed by atoms with Crippen molar-refractivity contribution < 1.29 is 22.2 Å². The van der Waals surface area contributed by atoms with Crippen molar-refractivity contribution in [3.8, 4) is 5.75 Å². The fourth-order valence-electron chi connectivity index (χ4n) is 3.08. The van der Waals surface area contributed by atoms with Gasteiger partial charge in [-0.2, -0.15) is 8.42 Å². The van der Waals surface area contributed by atoms with Crippen LogP contribution in [0.5, 0.6) is 5.75 Å². The van der Waals surface area contributed by atoms with Crippen molar-refractivity contribution in [2.24, 2.45) is 0 Å². The summed E-state index contributed by atoms with van der Waals surface area (Å²) in [5.74, 6) is -0.215. The molecular formula is C18H14N4O6S. The molecule has 0 saturated heterocycles. The molecule has 0 aliphatic heterocycles. The number of rotatable bonds is 5. The smallest absolute Gasteiger partial charge is 0.339 e. The van der Waals surface area contributed by atoms with Crippen LogP contribution in [0, 0.1) is 10.1 Å². The number of hydrogen-bond acceptors (Lipinski definition) is 9. The van der Waals surface area contributed by atoms with Gasteiger partial charge in [0.15, 0.2) is 11.3 Å². The highest BCUT2D eigenvalue weighted by atomic mass is 32.2. The largest absolute Gasteiger partial charge is 0.377 e. The highest BCUT2D eigenvalue weighted by Crippen LogP contribution is 2.34. The van der Waals surface area contributed by atoms with E-state index in [1.165, 1.54) is 6.07 Å². The second-order valence-corrected chi connectivity index (χ2v) is 7.88. The molecule has 4 rings (SSSR count). The molecule has 3 aromatic carbocycles. The highest BCUT2D eigenvalue weighted by molar-refractivity contribution is 7.87. The van der Waals surface area contributed by atoms with Gasteiger partial charge >= 0.3 is 15.8 Å². The summed E-state index contributed by atoms with van der Waals surface area (Å²) < 4.78 is 35.9. The average Bonchev–Trinajstić information content (AvgIpc) is 3.17. The first kappa shape index (κ1) is 18.6. The summed E-state index contributed by atoms with van der Waals surface area (Å²) in [4.78, 5) is 12.3. The molecule has 1 heterocycles. The van der Waals surface area contributed by atoms with Crippen LogP contribution in [0.1, 0.15) is 0 Å². The first-order valence-electron chi connectivity index (χ1n) is 8.33. The van der Waals surface area contributed by atoms with Gasteiger partial charge in [-0.05, 0) is 28.5 Å². The zero-order chi connectivity index (χ0) is 20.8. The predicted molar refractivity (Wildman–Crippen MR) is 105 cm³/mol. The van der Waals surface area contributed by atoms with Crippen molar-refractivity contribution in [2.45, 2.75) is 4.90 Å². The summed E-state index contributed by atoms with van der Waals surface area (Å²) in [6.45, 7) is 0. The Morgan fingerprint density at radius 2 is 1.69 bits per heavy atom. The predicted octanol–water partition coefficient (Wildman–Crippen LogP) is 3.12. The highest BCUT2D eigenvalue weighted by Gasteiger charge is 2.26. The fraction of sp³-hybridized carbons (Fsp3) is 0.111. The van der Waals surface area contributed by atoms with Crippen LogP contribution in [-0.4, -0.2) is 37.7 Å². The SMILES string of the molecule is CN(C)c1cccc2c(S(=O)(=O)Oc3ccc([N+](=O)[O-])c4nonc34)cccc12. The monoisotopic (exact) mass is 414 g/mol. The van der Waals surface area contributed by atoms with Gasteiger partial charge in [-0.25, -0.2) is 4.63 Å². The topological polar surface area (TPSA) is 129 Å². The molecule has 29 heavy (non-hydrogen) atoms. The molecule has 0 amide bonds. The lowest BCUT2D eigenvalue weighted by Gasteiger charge is -2.17. The number of hydrogen-bond donors (Lipinski definition) is 0. The second kappa shape index (κ2) is 6.71. The van der Waals surface area contributed by atoms with Gasteiger partial charge in [0.1, 0.15) is 4.90 Å². The van der Waals surface area contributed by atoms with Crippen molar-refractivity contribution >= 4 is 43.3 Å². The normalized spacial score (nSPS) is 11.7. The van der Waals surface area contributed by atoms with Crippen molar-refractivity contribution in [3.05, 3.63) is 58.6 Å². The van der Waals surface area contributed by atoms with Gasteiger partial charge in [0.2, 0.25) is 5.52 Å². The third kappa shape index (κ3) is 3.10. The maximum Gasteiger partial charge on any atom is 0.339 e. The van der Waals surface area contributed by atoms with Gasteiger partial charge in [0.25, 0.3) is 0 Å². The van der Waals surface area contributed by atoms with Gasteiger partial charge in [0.05, 0.1) is 4.92 Å². The fourth-order valence-corrected chi connectivity index (χ4v) is 4.23. The van der Waals surface area contributed by atoms with E-state index in [-0.39, 0.29) is 27.4 Å². The van der Waals surface area contributed by atoms with Gasteiger partial charge in [0, 0.05) is 36.6 Å². The lowest BCUT2D eigenvalue weighted by Crippen LogP contribution is -2.12. The lowest BCUT2D eigenvalue weighted by atomic mass is 10.1. The Kier molecular flexibility index (Phi) is 4.31. The number of benzene rings is 3. The molecular weight excluding hydrogens is 400 g/mol. The molecule has 0 aliphatic rings. The van der Waals surface area contributed by atoms with Crippen LogP contribution in [0.25, 0.3) is 21.8 Å². The molecule has 1 aromatic heterocycles. The van der Waals surface area contributed by atoms with Crippen molar-refractivity contribution in [1.82, 2.24) is 10.3 Å². The Hall–Kier alpha value is -3.73. The third-order valence-corrected chi connectivity index (χ3v) is 5.66. The molecule has 0 N–H and O–H groups in total. The number of fused-ring (bicyclic) bond motifs is 2. The average molecular weight is 414 g/mol. The van der Waals surface area contributed by atoms with Gasteiger partial charge in [-0.3, -0.25) is 10.1 Å². The molecule has 0 fully saturated rings. The summed E-state index contributed by atoms with van der Waals surface area (Å²) in [7, 11) is -0.565. The third-order valence-electron chi connectivity index (χ3n) is 4.36. The summed E-state index contributed by atoms with van der Waals surface area (Å²) in [5, 5.41) is 19.3. The number of nitro groups is 1. The number of non-ortho nitro benzene ring substituents is 1. The summed E-state index contributed by atoms with van der Waals surface area (Å²) in [6, 6.07) is 12.4. The number of anilines is 1. The van der Waals surface area contributed by atoms with Gasteiger partial charge in [-0.1, -0.05) is 24.3 Å². The molecule has 0 aliphatic carbocycles. The zero-order valence-electron chi connectivity index (χ0n) is 15.3. The van der Waals surface area contributed by atoms with Crippen LogP contribution in [0.4, 0.5) is 11.4 Å². The van der Waals surface area contributed by atoms with E-state index in [4.69, 9.17) is 4.18 Å². The van der Waals surface area contributed by atoms with E-state index in [1.54, 1.807) is 18.2 Å². The molecule has 0 bridgehead atoms. The Morgan fingerprint density at radius 3 is 2.41 bits per heavy atom. The van der Waals surface area contributed by atoms with E-state index >= 15 is 0 Å². The van der Waals surface area contributed by atoms with Crippen molar-refractivity contribution in [3.63, 3.8) is 0 Å². The Bertz CT molecular complexity index is 1360. The second-order valence-electron chi connectivity index (χ2n) is 6.36. The van der Waals surface area contributed by atoms with E-state index < -0.39 is 15.0 Å². The van der Waals surface area contributed by atoms with Crippen LogP contribution in [0.3, 0.4) is 0 Å². The van der Waals surface area contributed by atoms with E-state index in [0.29, 0.717) is 5.39 Å². The molecule has 10 nitrogen and oxygen atoms in total. The Labute approximate surface area is 164 Å². The van der Waals surface area contributed by atoms with Crippen LogP contribution in [0.15, 0.2) is 58.1 Å². The minimum atomic E-state index is -4.28. The maximum atomic E-state index is 13.0. The van der Waals surface area contributed by atoms with E-state index in [0.717, 1.165) is 23.2 Å². The molecule has 148 valence electrons. The summed E-state index contributed by atoms with van der Waals surface area (Å²) in [6.07, 6.45) is 0. The summed E-state index contributed by atoms with van der Waals surface area (Å²) >= 11 is 0. The van der Waals surface area contributed by atoms with Gasteiger partial charge in [-0.15, -0.1) is 0 Å². The maximum absolute atomic E-state index is 13.0. The molecule has 4 aromatic rings. The molecule has 0 radical (unpaired) electrons. The molecule has 0 atom stereocenters. The number of nitrogens with zero attached hydrogens (tertiary/aromatic N) is 4. The number of aromatic nitrogens is 2. The molecule has 0 spiro atoms. The Balaban J connectivity index is 1.85. The van der Waals surface area contributed by atoms with E-state index in [2.05, 4.69) is 14.9 Å². The molecule has 0 saturated carbocycles. The van der Waals surface area contributed by atoms with Crippen LogP contribution in [0.2, 0.25) is 0 Å². The Morgan fingerprint density at radius 1 is 1.00 bits per heavy atom. The van der Waals surface area contributed by atoms with Crippen molar-refractivity contribution in [1.29, 1.82) is 0 Å². The van der Waals surface area contributed by atoms with E-state index in [9.17, 15) is 18.5 Å². The van der Waals surface area contributed by atoms with Crippen LogP contribution < -0.4 is 9.08 Å². The minimum absolute atomic E-state index is 0.0401. The first-order valence-corrected chi connectivity index (χ1v) is 9.73. The lowest BCUT2D eigenvalue weighted by molar-refractivity contribution is -0.383. The standard InChI is InChI=1S/C18H14N4O6S/c1-21(2)13-7-3-6-12-11(13)5-4-8-16(12)29(25,26)27-15-10-9-14(22(23)24)17-18(15)20-28-19-17/h3-10H,1-2H3. The molecule has 11 heteroatoms. The van der Waals surface area contributed by atoms with Crippen molar-refractivity contribution in [2.75, 3.05) is 19.0 Å². The van der Waals surface area contributed by atoms with Crippen LogP contribution >= 0.6 is 0 Å². The molecule has 0 unspecified atom stereocenters. The zero-order valence-corrected chi connectivity index (χ0v) is 16.1. The quantitative estimate of drug-likeness (QED) is 0.275. The van der Waals surface area contributed by atoms with Gasteiger partial charge < -0.3 is 9.08 Å². The van der Waals surface area contributed by atoms with Crippen LogP contribution in [-0.2, 0) is 10.1 Å². The summed E-state index contributed by atoms with van der Waals surface area (Å²) in [5.41, 5.74) is 0.122.